The number of pyridine rings is 1. The summed E-state index contributed by atoms with van der Waals surface area (Å²) in [6.45, 7) is 3.21. The van der Waals surface area contributed by atoms with E-state index in [1.54, 1.807) is 0 Å². The molecule has 0 saturated carbocycles. The molecule has 1 N–H and O–H groups in total. The van der Waals surface area contributed by atoms with Gasteiger partial charge >= 0.3 is 0 Å². The van der Waals surface area contributed by atoms with Crippen LogP contribution >= 0.6 is 0 Å². The van der Waals surface area contributed by atoms with Gasteiger partial charge in [0.05, 0.1) is 11.4 Å². The largest absolute Gasteiger partial charge is 0.492 e. The van der Waals surface area contributed by atoms with Crippen LogP contribution in [0.3, 0.4) is 0 Å². The van der Waals surface area contributed by atoms with Crippen molar-refractivity contribution in [1.82, 2.24) is 14.2 Å². The number of aromatic nitrogens is 1. The predicted octanol–water partition coefficient (Wildman–Crippen LogP) is 1.14. The zero-order valence-corrected chi connectivity index (χ0v) is 17.2. The number of hydrogen-bond donors (Lipinski definition) is 1. The Kier molecular flexibility index (Phi) is 6.71. The van der Waals surface area contributed by atoms with Gasteiger partial charge in [0.25, 0.3) is 5.56 Å². The fraction of sp³-hybridized carbons (Fsp3) is 0.400. The van der Waals surface area contributed by atoms with E-state index in [-0.39, 0.29) is 24.6 Å². The third kappa shape index (κ3) is 5.45. The van der Waals surface area contributed by atoms with Gasteiger partial charge in [0.2, 0.25) is 15.9 Å². The van der Waals surface area contributed by atoms with Crippen LogP contribution in [-0.4, -0.2) is 49.4 Å². The highest BCUT2D eigenvalue weighted by Crippen LogP contribution is 2.19. The summed E-state index contributed by atoms with van der Waals surface area (Å²) in [6, 6.07) is 10.1. The second kappa shape index (κ2) is 9.23. The molecule has 29 heavy (non-hydrogen) atoms. The molecule has 0 radical (unpaired) electrons. The van der Waals surface area contributed by atoms with Gasteiger partial charge in [0.1, 0.15) is 18.9 Å². The molecule has 1 aliphatic heterocycles. The summed E-state index contributed by atoms with van der Waals surface area (Å²) in [5.41, 5.74) is 0.645. The standard InChI is InChI=1S/C20H25N3O5S/c1-16-5-4-6-17(13-16)28-12-9-21-19(24)15-22-14-18(7-8-20(22)25)29(26,27)23-10-2-3-11-23/h4-8,13-14H,2-3,9-12,15H2,1H3,(H,21,24). The van der Waals surface area contributed by atoms with Crippen molar-refractivity contribution in [3.63, 3.8) is 0 Å². The van der Waals surface area contributed by atoms with Crippen LogP contribution in [0, 0.1) is 6.92 Å². The van der Waals surface area contributed by atoms with E-state index in [0.29, 0.717) is 13.1 Å². The molecule has 0 unspecified atom stereocenters. The Balaban J connectivity index is 1.56. The van der Waals surface area contributed by atoms with E-state index in [2.05, 4.69) is 5.32 Å². The molecule has 0 atom stereocenters. The highest BCUT2D eigenvalue weighted by Gasteiger charge is 2.27. The van der Waals surface area contributed by atoms with Crippen LogP contribution in [-0.2, 0) is 21.4 Å². The summed E-state index contributed by atoms with van der Waals surface area (Å²) in [5.74, 6) is 0.325. The molecule has 2 heterocycles. The second-order valence-electron chi connectivity index (χ2n) is 6.96. The van der Waals surface area contributed by atoms with Crippen molar-refractivity contribution in [2.75, 3.05) is 26.2 Å². The maximum absolute atomic E-state index is 12.6. The van der Waals surface area contributed by atoms with E-state index in [9.17, 15) is 18.0 Å². The van der Waals surface area contributed by atoms with Crippen molar-refractivity contribution < 1.29 is 17.9 Å². The van der Waals surface area contributed by atoms with E-state index in [1.807, 2.05) is 31.2 Å². The van der Waals surface area contributed by atoms with E-state index >= 15 is 0 Å². The van der Waals surface area contributed by atoms with Crippen LogP contribution in [0.1, 0.15) is 18.4 Å². The van der Waals surface area contributed by atoms with Gasteiger partial charge in [-0.1, -0.05) is 12.1 Å². The maximum Gasteiger partial charge on any atom is 0.251 e. The third-order valence-electron chi connectivity index (χ3n) is 4.66. The number of aryl methyl sites for hydroxylation is 1. The van der Waals surface area contributed by atoms with E-state index in [1.165, 1.54) is 22.6 Å². The molecule has 156 valence electrons. The van der Waals surface area contributed by atoms with Gasteiger partial charge in [0.15, 0.2) is 0 Å². The number of nitrogens with one attached hydrogen (secondary N) is 1. The SMILES string of the molecule is Cc1cccc(OCCNC(=O)Cn2cc(S(=O)(=O)N3CCCC3)ccc2=O)c1. The van der Waals surface area contributed by atoms with Gasteiger partial charge in [0, 0.05) is 25.4 Å². The minimum Gasteiger partial charge on any atom is -0.492 e. The molecule has 0 bridgehead atoms. The molecule has 2 aromatic rings. The first kappa shape index (κ1) is 21.1. The van der Waals surface area contributed by atoms with Crippen molar-refractivity contribution in [2.45, 2.75) is 31.2 Å². The Morgan fingerprint density at radius 3 is 2.66 bits per heavy atom. The predicted molar refractivity (Wildman–Crippen MR) is 108 cm³/mol. The number of ether oxygens (including phenoxy) is 1. The molecule has 1 aromatic heterocycles. The van der Waals surface area contributed by atoms with Gasteiger partial charge in [-0.05, 0) is 43.5 Å². The summed E-state index contributed by atoms with van der Waals surface area (Å²) in [6.07, 6.45) is 2.89. The summed E-state index contributed by atoms with van der Waals surface area (Å²) in [5, 5.41) is 2.67. The molecule has 1 fully saturated rings. The van der Waals surface area contributed by atoms with Crippen molar-refractivity contribution in [3.8, 4) is 5.75 Å². The van der Waals surface area contributed by atoms with Crippen LogP contribution in [0.5, 0.6) is 5.75 Å². The van der Waals surface area contributed by atoms with E-state index < -0.39 is 21.5 Å². The molecular weight excluding hydrogens is 394 g/mol. The molecule has 0 aliphatic carbocycles. The number of sulfonamides is 1. The molecular formula is C20H25N3O5S. The number of amides is 1. The first-order chi connectivity index (χ1) is 13.9. The maximum atomic E-state index is 12.6. The highest BCUT2D eigenvalue weighted by molar-refractivity contribution is 7.89. The molecule has 1 aromatic carbocycles. The summed E-state index contributed by atoms with van der Waals surface area (Å²) in [7, 11) is -3.65. The Labute approximate surface area is 170 Å². The van der Waals surface area contributed by atoms with Gasteiger partial charge < -0.3 is 14.6 Å². The lowest BCUT2D eigenvalue weighted by atomic mass is 10.2. The monoisotopic (exact) mass is 419 g/mol. The van der Waals surface area contributed by atoms with Crippen molar-refractivity contribution in [2.24, 2.45) is 0 Å². The Hall–Kier alpha value is -2.65. The lowest BCUT2D eigenvalue weighted by Crippen LogP contribution is -2.35. The van der Waals surface area contributed by atoms with Gasteiger partial charge in [-0.15, -0.1) is 0 Å². The van der Waals surface area contributed by atoms with Crippen molar-refractivity contribution >= 4 is 15.9 Å². The topological polar surface area (TPSA) is 97.7 Å². The van der Waals surface area contributed by atoms with Crippen LogP contribution < -0.4 is 15.6 Å². The first-order valence-corrected chi connectivity index (χ1v) is 11.0. The molecule has 1 saturated heterocycles. The smallest absolute Gasteiger partial charge is 0.251 e. The normalized spacial score (nSPS) is 14.7. The quantitative estimate of drug-likeness (QED) is 0.647. The lowest BCUT2D eigenvalue weighted by molar-refractivity contribution is -0.121. The van der Waals surface area contributed by atoms with Gasteiger partial charge in [-0.2, -0.15) is 4.31 Å². The van der Waals surface area contributed by atoms with E-state index in [4.69, 9.17) is 4.74 Å². The molecule has 1 amide bonds. The molecule has 3 rings (SSSR count). The number of nitrogens with zero attached hydrogens (tertiary/aromatic N) is 2. The molecule has 9 heteroatoms. The number of carbonyl (C=O) groups excluding carboxylic acids is 1. The minimum atomic E-state index is -3.65. The number of rotatable bonds is 8. The number of hydrogen-bond acceptors (Lipinski definition) is 5. The van der Waals surface area contributed by atoms with Crippen molar-refractivity contribution in [3.05, 3.63) is 58.5 Å². The van der Waals surface area contributed by atoms with Gasteiger partial charge in [-0.3, -0.25) is 9.59 Å². The summed E-state index contributed by atoms with van der Waals surface area (Å²) >= 11 is 0. The Morgan fingerprint density at radius 1 is 1.17 bits per heavy atom. The minimum absolute atomic E-state index is 0.0228. The zero-order chi connectivity index (χ0) is 20.9. The first-order valence-electron chi connectivity index (χ1n) is 9.53. The summed E-state index contributed by atoms with van der Waals surface area (Å²) < 4.78 is 33.4. The third-order valence-corrected chi connectivity index (χ3v) is 6.54. The zero-order valence-electron chi connectivity index (χ0n) is 16.3. The number of benzene rings is 1. The lowest BCUT2D eigenvalue weighted by Gasteiger charge is -2.16. The van der Waals surface area contributed by atoms with Crippen LogP contribution in [0.15, 0.2) is 52.3 Å². The van der Waals surface area contributed by atoms with Crippen LogP contribution in [0.4, 0.5) is 0 Å². The van der Waals surface area contributed by atoms with Crippen LogP contribution in [0.25, 0.3) is 0 Å². The van der Waals surface area contributed by atoms with Crippen LogP contribution in [0.2, 0.25) is 0 Å². The van der Waals surface area contributed by atoms with Crippen molar-refractivity contribution in [1.29, 1.82) is 0 Å². The fourth-order valence-electron chi connectivity index (χ4n) is 3.14. The highest BCUT2D eigenvalue weighted by atomic mass is 32.2. The molecule has 0 spiro atoms. The van der Waals surface area contributed by atoms with Gasteiger partial charge in [-0.25, -0.2) is 8.42 Å². The molecule has 1 aliphatic rings. The number of carbonyl (C=O) groups is 1. The fourth-order valence-corrected chi connectivity index (χ4v) is 4.68. The average Bonchev–Trinajstić information content (AvgIpc) is 3.23. The Bertz CT molecular complexity index is 1030. The summed E-state index contributed by atoms with van der Waals surface area (Å²) in [4.78, 5) is 24.2. The Morgan fingerprint density at radius 2 is 1.93 bits per heavy atom. The average molecular weight is 420 g/mol. The second-order valence-corrected chi connectivity index (χ2v) is 8.89. The van der Waals surface area contributed by atoms with E-state index in [0.717, 1.165) is 28.7 Å². The molecule has 8 nitrogen and oxygen atoms in total.